The first-order valence-corrected chi connectivity index (χ1v) is 15.9. The van der Waals surface area contributed by atoms with Gasteiger partial charge in [0.2, 0.25) is 0 Å². The molecule has 0 aliphatic rings. The quantitative estimate of drug-likeness (QED) is 0.103. The van der Waals surface area contributed by atoms with Crippen LogP contribution in [0.5, 0.6) is 5.75 Å². The van der Waals surface area contributed by atoms with Crippen LogP contribution in [0, 0.1) is 5.82 Å². The Morgan fingerprint density at radius 3 is 2.05 bits per heavy atom. The highest BCUT2D eigenvalue weighted by Crippen LogP contribution is 2.52. The summed E-state index contributed by atoms with van der Waals surface area (Å²) in [7, 11) is 6.21. The molecular weight excluding hydrogens is 540 g/mol. The highest BCUT2D eigenvalue weighted by molar-refractivity contribution is 7.48. The number of nitrogens with zero attached hydrogens (tertiary/aromatic N) is 1. The van der Waals surface area contributed by atoms with Crippen LogP contribution in [0.15, 0.2) is 91.0 Å². The van der Waals surface area contributed by atoms with E-state index in [1.807, 2.05) is 20.2 Å². The van der Waals surface area contributed by atoms with Gasteiger partial charge in [-0.25, -0.2) is 4.39 Å². The lowest BCUT2D eigenvalue weighted by Crippen LogP contribution is -2.27. The molecule has 0 saturated carbocycles. The zero-order valence-corrected chi connectivity index (χ0v) is 26.8. The summed E-state index contributed by atoms with van der Waals surface area (Å²) in [4.78, 5) is 2.11. The van der Waals surface area contributed by atoms with Crippen molar-refractivity contribution in [2.24, 2.45) is 0 Å². The predicted molar refractivity (Wildman–Crippen MR) is 176 cm³/mol. The van der Waals surface area contributed by atoms with Crippen LogP contribution in [-0.2, 0) is 29.3 Å². The molecule has 0 fully saturated rings. The first kappa shape index (κ1) is 31.9. The van der Waals surface area contributed by atoms with Crippen molar-refractivity contribution in [1.29, 1.82) is 0 Å². The highest BCUT2D eigenvalue weighted by atomic mass is 31.1. The molecule has 0 amide bonds. The molecule has 0 bridgehead atoms. The molecule has 5 heteroatoms. The van der Waals surface area contributed by atoms with Crippen LogP contribution in [0.1, 0.15) is 66.5 Å². The Kier molecular flexibility index (Phi) is 11.7. The van der Waals surface area contributed by atoms with E-state index in [0.29, 0.717) is 15.1 Å². The summed E-state index contributed by atoms with van der Waals surface area (Å²) in [6.45, 7) is 5.43. The van der Waals surface area contributed by atoms with E-state index in [2.05, 4.69) is 91.5 Å². The molecule has 0 N–H and O–H groups in total. The summed E-state index contributed by atoms with van der Waals surface area (Å²) in [6.07, 6.45) is 4.60. The summed E-state index contributed by atoms with van der Waals surface area (Å²) in [6, 6.07) is 31.3. The van der Waals surface area contributed by atoms with E-state index < -0.39 is 0 Å². The number of hydrogen-bond donors (Lipinski definition) is 0. The van der Waals surface area contributed by atoms with Gasteiger partial charge in [0.25, 0.3) is 0 Å². The summed E-state index contributed by atoms with van der Waals surface area (Å²) < 4.78 is 26.4. The van der Waals surface area contributed by atoms with Gasteiger partial charge in [-0.3, -0.25) is 0 Å². The van der Waals surface area contributed by atoms with Crippen LogP contribution in [0.3, 0.4) is 0 Å². The molecule has 42 heavy (non-hydrogen) atoms. The van der Waals surface area contributed by atoms with Crippen molar-refractivity contribution < 1.29 is 13.9 Å². The Balaban J connectivity index is 1.92. The van der Waals surface area contributed by atoms with Crippen LogP contribution in [0.25, 0.3) is 0 Å². The normalized spacial score (nSPS) is 13.1. The van der Waals surface area contributed by atoms with E-state index in [-0.39, 0.29) is 17.8 Å². The maximum atomic E-state index is 14.5. The largest absolute Gasteiger partial charge is 0.467 e. The molecule has 4 aromatic carbocycles. The van der Waals surface area contributed by atoms with Gasteiger partial charge >= 0.3 is 0 Å². The van der Waals surface area contributed by atoms with Crippen LogP contribution >= 0.6 is 8.58 Å². The number of hydrogen-bond acceptors (Lipinski definition) is 3. The lowest BCUT2D eigenvalue weighted by atomic mass is 9.85. The lowest BCUT2D eigenvalue weighted by Gasteiger charge is -2.37. The van der Waals surface area contributed by atoms with Crippen molar-refractivity contribution >= 4 is 13.9 Å². The average Bonchev–Trinajstić information content (AvgIpc) is 2.98. The molecular formula is C37H45FNO2P. The second kappa shape index (κ2) is 15.4. The van der Waals surface area contributed by atoms with Crippen molar-refractivity contribution in [2.75, 3.05) is 28.0 Å². The monoisotopic (exact) mass is 585 g/mol. The van der Waals surface area contributed by atoms with E-state index in [1.54, 1.807) is 19.2 Å². The van der Waals surface area contributed by atoms with Crippen molar-refractivity contribution in [1.82, 2.24) is 4.90 Å². The van der Waals surface area contributed by atoms with Gasteiger partial charge in [0.05, 0.1) is 0 Å². The van der Waals surface area contributed by atoms with Crippen LogP contribution in [0.2, 0.25) is 0 Å². The molecule has 4 aromatic rings. The number of halogens is 1. The predicted octanol–water partition coefficient (Wildman–Crippen LogP) is 8.46. The minimum Gasteiger partial charge on any atom is -0.467 e. The lowest BCUT2D eigenvalue weighted by molar-refractivity contribution is 0.0492. The van der Waals surface area contributed by atoms with E-state index in [9.17, 15) is 4.39 Å². The molecule has 0 saturated heterocycles. The van der Waals surface area contributed by atoms with E-state index >= 15 is 0 Å². The van der Waals surface area contributed by atoms with Crippen LogP contribution in [-0.4, -0.2) is 32.9 Å². The first-order chi connectivity index (χ1) is 20.4. The Morgan fingerprint density at radius 1 is 0.786 bits per heavy atom. The van der Waals surface area contributed by atoms with Gasteiger partial charge in [-0.1, -0.05) is 108 Å². The minimum absolute atomic E-state index is 0.172. The molecule has 0 aliphatic heterocycles. The molecule has 0 heterocycles. The maximum absolute atomic E-state index is 14.5. The summed E-state index contributed by atoms with van der Waals surface area (Å²) >= 11 is 0. The SMILES string of the molecule is CCCC(CC)(Pc1ccc(F)cc1CN(C)C)c1cc(Cc2ccccc2)cc(Cc2ccccc2)c1OCOC. The second-order valence-electron chi connectivity index (χ2n) is 11.4. The molecule has 0 spiro atoms. The average molecular weight is 586 g/mol. The zero-order valence-electron chi connectivity index (χ0n) is 25.8. The van der Waals surface area contributed by atoms with Crippen molar-refractivity contribution in [3.05, 3.63) is 130 Å². The Morgan fingerprint density at radius 2 is 1.45 bits per heavy atom. The smallest absolute Gasteiger partial charge is 0.188 e. The van der Waals surface area contributed by atoms with Gasteiger partial charge in [-0.2, -0.15) is 0 Å². The van der Waals surface area contributed by atoms with E-state index in [4.69, 9.17) is 9.47 Å². The fourth-order valence-corrected chi connectivity index (χ4v) is 7.71. The van der Waals surface area contributed by atoms with Crippen LogP contribution in [0.4, 0.5) is 4.39 Å². The van der Waals surface area contributed by atoms with Gasteiger partial charge in [0.1, 0.15) is 11.6 Å². The molecule has 2 atom stereocenters. The van der Waals surface area contributed by atoms with Crippen molar-refractivity contribution in [3.8, 4) is 5.75 Å². The maximum Gasteiger partial charge on any atom is 0.188 e. The Labute approximate surface area is 253 Å². The van der Waals surface area contributed by atoms with Gasteiger partial charge < -0.3 is 14.4 Å². The van der Waals surface area contributed by atoms with Crippen molar-refractivity contribution in [3.63, 3.8) is 0 Å². The van der Waals surface area contributed by atoms with Gasteiger partial charge in [0.15, 0.2) is 6.79 Å². The number of rotatable bonds is 15. The summed E-state index contributed by atoms with van der Waals surface area (Å²) in [5, 5.41) is 1.05. The molecule has 0 aromatic heterocycles. The molecule has 2 unspecified atom stereocenters. The topological polar surface area (TPSA) is 21.7 Å². The highest BCUT2D eigenvalue weighted by Gasteiger charge is 2.35. The third-order valence-corrected chi connectivity index (χ3v) is 9.87. The third kappa shape index (κ3) is 8.28. The molecule has 0 radical (unpaired) electrons. The number of benzene rings is 4. The van der Waals surface area contributed by atoms with E-state index in [0.717, 1.165) is 43.4 Å². The fraction of sp³-hybridized carbons (Fsp3) is 0.351. The third-order valence-electron chi connectivity index (χ3n) is 7.76. The Hall–Kier alpha value is -3.04. The first-order valence-electron chi connectivity index (χ1n) is 14.9. The second-order valence-corrected chi connectivity index (χ2v) is 13.1. The summed E-state index contributed by atoms with van der Waals surface area (Å²) in [5.74, 6) is 0.744. The molecule has 0 aliphatic carbocycles. The zero-order chi connectivity index (χ0) is 30.0. The number of methoxy groups -OCH3 is 1. The minimum atomic E-state index is -0.183. The van der Waals surface area contributed by atoms with Crippen LogP contribution < -0.4 is 10.0 Å². The van der Waals surface area contributed by atoms with E-state index in [1.165, 1.54) is 33.1 Å². The molecule has 3 nitrogen and oxygen atoms in total. The van der Waals surface area contributed by atoms with Gasteiger partial charge in [-0.05, 0) is 78.6 Å². The molecule has 222 valence electrons. The fourth-order valence-electron chi connectivity index (χ4n) is 5.84. The van der Waals surface area contributed by atoms with Gasteiger partial charge in [0, 0.05) is 30.8 Å². The summed E-state index contributed by atoms with van der Waals surface area (Å²) in [5.41, 5.74) is 7.27. The number of ether oxygens (including phenoxy) is 2. The van der Waals surface area contributed by atoms with Crippen molar-refractivity contribution in [2.45, 2.75) is 57.7 Å². The standard InChI is InChI=1S/C37H45FNO2P/c1-6-20-37(7-2,42-35-19-18-33(38)25-32(35)26-39(3)4)34-24-30(21-28-14-10-8-11-15-28)23-31(36(34)41-27-40-5)22-29-16-12-9-13-17-29/h8-19,23-25,42H,6-7,20-22,26-27H2,1-5H3. The Bertz CT molecular complexity index is 1410. The van der Waals surface area contributed by atoms with Gasteiger partial charge in [-0.15, -0.1) is 0 Å². The molecule has 4 rings (SSSR count).